The van der Waals surface area contributed by atoms with Crippen molar-refractivity contribution in [3.8, 4) is 0 Å². The Hall–Kier alpha value is -0.470. The van der Waals surface area contributed by atoms with Crippen LogP contribution >= 0.6 is 12.4 Å². The molecule has 0 spiro atoms. The summed E-state index contributed by atoms with van der Waals surface area (Å²) in [5.41, 5.74) is 5.92. The quantitative estimate of drug-likeness (QED) is 0.773. The largest absolute Gasteiger partial charge is 0.465 e. The molecule has 0 aromatic carbocycles. The van der Waals surface area contributed by atoms with Gasteiger partial charge in [-0.2, -0.15) is 0 Å². The van der Waals surface area contributed by atoms with E-state index >= 15 is 0 Å². The summed E-state index contributed by atoms with van der Waals surface area (Å²) in [4.78, 5) is 0. The smallest absolute Gasteiger partial charge is 0.121 e. The van der Waals surface area contributed by atoms with Crippen LogP contribution in [-0.2, 0) is 0 Å². The average molecular weight is 188 g/mol. The van der Waals surface area contributed by atoms with Crippen LogP contribution in [0.3, 0.4) is 0 Å². The third-order valence-corrected chi connectivity index (χ3v) is 2.22. The van der Waals surface area contributed by atoms with Crippen LogP contribution in [0, 0.1) is 12.8 Å². The van der Waals surface area contributed by atoms with Crippen molar-refractivity contribution in [2.24, 2.45) is 11.7 Å². The molecule has 3 heteroatoms. The van der Waals surface area contributed by atoms with Gasteiger partial charge in [-0.3, -0.25) is 0 Å². The number of hydrogen-bond donors (Lipinski definition) is 1. The molecule has 2 nitrogen and oxygen atoms in total. The Kier molecular flexibility index (Phi) is 2.80. The topological polar surface area (TPSA) is 39.2 Å². The van der Waals surface area contributed by atoms with E-state index in [0.29, 0.717) is 5.92 Å². The number of hydrogen-bond acceptors (Lipinski definition) is 2. The van der Waals surface area contributed by atoms with Gasteiger partial charge in [0.25, 0.3) is 0 Å². The number of furan rings is 1. The molecule has 2 rings (SSSR count). The first-order chi connectivity index (χ1) is 5.27. The van der Waals surface area contributed by atoms with Crippen LogP contribution in [0.15, 0.2) is 16.5 Å². The van der Waals surface area contributed by atoms with E-state index in [-0.39, 0.29) is 18.4 Å². The Bertz CT molecular complexity index is 255. The fourth-order valence-corrected chi connectivity index (χ4v) is 1.32. The molecule has 1 atom stereocenters. The number of nitrogens with two attached hydrogens (primary N) is 1. The van der Waals surface area contributed by atoms with Gasteiger partial charge >= 0.3 is 0 Å². The fourth-order valence-electron chi connectivity index (χ4n) is 1.32. The summed E-state index contributed by atoms with van der Waals surface area (Å²) in [5.74, 6) is 2.58. The molecular formula is C9H14ClNO. The fraction of sp³-hybridized carbons (Fsp3) is 0.556. The van der Waals surface area contributed by atoms with Crippen LogP contribution in [0.2, 0.25) is 0 Å². The summed E-state index contributed by atoms with van der Waals surface area (Å²) in [7, 11) is 0. The molecule has 0 radical (unpaired) electrons. The lowest BCUT2D eigenvalue weighted by Gasteiger charge is -2.04. The Morgan fingerprint density at radius 1 is 1.50 bits per heavy atom. The molecule has 1 aromatic rings. The van der Waals surface area contributed by atoms with E-state index in [1.807, 2.05) is 19.1 Å². The van der Waals surface area contributed by atoms with Crippen LogP contribution in [0.4, 0.5) is 0 Å². The first-order valence-electron chi connectivity index (χ1n) is 4.09. The van der Waals surface area contributed by atoms with E-state index in [4.69, 9.17) is 10.2 Å². The third kappa shape index (κ3) is 1.82. The highest BCUT2D eigenvalue weighted by Crippen LogP contribution is 2.39. The van der Waals surface area contributed by atoms with Gasteiger partial charge in [0.05, 0.1) is 6.04 Å². The highest BCUT2D eigenvalue weighted by atomic mass is 35.5. The first-order valence-corrected chi connectivity index (χ1v) is 4.09. The molecule has 0 saturated heterocycles. The van der Waals surface area contributed by atoms with Crippen LogP contribution in [0.5, 0.6) is 0 Å². The lowest BCUT2D eigenvalue weighted by molar-refractivity contribution is 0.426. The molecule has 0 bridgehead atoms. The zero-order valence-electron chi connectivity index (χ0n) is 7.12. The van der Waals surface area contributed by atoms with Crippen molar-refractivity contribution in [1.29, 1.82) is 0 Å². The predicted octanol–water partition coefficient (Wildman–Crippen LogP) is 2.42. The minimum absolute atomic E-state index is 0. The molecule has 0 aliphatic heterocycles. The Morgan fingerprint density at radius 3 is 2.58 bits per heavy atom. The molecule has 1 fully saturated rings. The molecule has 68 valence electrons. The highest BCUT2D eigenvalue weighted by molar-refractivity contribution is 5.85. The molecule has 2 N–H and O–H groups in total. The minimum Gasteiger partial charge on any atom is -0.465 e. The highest BCUT2D eigenvalue weighted by Gasteiger charge is 2.31. The molecular weight excluding hydrogens is 174 g/mol. The van der Waals surface area contributed by atoms with Gasteiger partial charge in [0, 0.05) is 0 Å². The molecule has 1 saturated carbocycles. The summed E-state index contributed by atoms with van der Waals surface area (Å²) in [6, 6.07) is 4.10. The van der Waals surface area contributed by atoms with E-state index in [9.17, 15) is 0 Å². The first kappa shape index (κ1) is 9.62. The van der Waals surface area contributed by atoms with E-state index in [2.05, 4.69) is 0 Å². The van der Waals surface area contributed by atoms with Crippen molar-refractivity contribution in [2.45, 2.75) is 25.8 Å². The van der Waals surface area contributed by atoms with Crippen LogP contribution < -0.4 is 5.73 Å². The third-order valence-electron chi connectivity index (χ3n) is 2.22. The second-order valence-corrected chi connectivity index (χ2v) is 3.31. The van der Waals surface area contributed by atoms with Crippen molar-refractivity contribution >= 4 is 12.4 Å². The number of aryl methyl sites for hydroxylation is 1. The van der Waals surface area contributed by atoms with E-state index in [1.54, 1.807) is 0 Å². The van der Waals surface area contributed by atoms with Gasteiger partial charge < -0.3 is 10.2 Å². The monoisotopic (exact) mass is 187 g/mol. The molecule has 1 aliphatic rings. The number of rotatable bonds is 2. The molecule has 0 amide bonds. The summed E-state index contributed by atoms with van der Waals surface area (Å²) in [5, 5.41) is 0. The van der Waals surface area contributed by atoms with E-state index < -0.39 is 0 Å². The van der Waals surface area contributed by atoms with Gasteiger partial charge in [0.2, 0.25) is 0 Å². The van der Waals surface area contributed by atoms with E-state index in [1.165, 1.54) is 12.8 Å². The maximum Gasteiger partial charge on any atom is 0.121 e. The summed E-state index contributed by atoms with van der Waals surface area (Å²) >= 11 is 0. The van der Waals surface area contributed by atoms with Gasteiger partial charge in [0.15, 0.2) is 0 Å². The molecule has 1 heterocycles. The van der Waals surface area contributed by atoms with Crippen LogP contribution in [0.25, 0.3) is 0 Å². The zero-order chi connectivity index (χ0) is 7.84. The predicted molar refractivity (Wildman–Crippen MR) is 50.3 cm³/mol. The van der Waals surface area contributed by atoms with Gasteiger partial charge in [0.1, 0.15) is 11.5 Å². The normalized spacial score (nSPS) is 18.5. The second kappa shape index (κ2) is 3.50. The lowest BCUT2D eigenvalue weighted by atomic mass is 10.1. The molecule has 1 aliphatic carbocycles. The van der Waals surface area contributed by atoms with Crippen molar-refractivity contribution in [3.63, 3.8) is 0 Å². The van der Waals surface area contributed by atoms with Crippen LogP contribution in [0.1, 0.15) is 30.4 Å². The van der Waals surface area contributed by atoms with Gasteiger partial charge in [-0.1, -0.05) is 0 Å². The molecule has 12 heavy (non-hydrogen) atoms. The Balaban J connectivity index is 0.000000720. The van der Waals surface area contributed by atoms with Gasteiger partial charge in [-0.05, 0) is 37.8 Å². The van der Waals surface area contributed by atoms with E-state index in [0.717, 1.165) is 11.5 Å². The maximum atomic E-state index is 5.92. The molecule has 1 aromatic heterocycles. The number of halogens is 1. The van der Waals surface area contributed by atoms with Crippen molar-refractivity contribution < 1.29 is 4.42 Å². The van der Waals surface area contributed by atoms with Gasteiger partial charge in [-0.15, -0.1) is 12.4 Å². The van der Waals surface area contributed by atoms with Crippen molar-refractivity contribution in [3.05, 3.63) is 23.7 Å². The summed E-state index contributed by atoms with van der Waals surface area (Å²) in [6.07, 6.45) is 2.53. The molecule has 0 unspecified atom stereocenters. The summed E-state index contributed by atoms with van der Waals surface area (Å²) < 4.78 is 5.42. The standard InChI is InChI=1S/C9H13NO.ClH/c1-6-2-5-8(11-6)9(10)7-3-4-7;/h2,5,7,9H,3-4,10H2,1H3;1H/t9-;/m0./s1. The van der Waals surface area contributed by atoms with Gasteiger partial charge in [-0.25, -0.2) is 0 Å². The lowest BCUT2D eigenvalue weighted by Crippen LogP contribution is -2.10. The Labute approximate surface area is 78.5 Å². The average Bonchev–Trinajstić information content (AvgIpc) is 2.74. The Morgan fingerprint density at radius 2 is 2.17 bits per heavy atom. The second-order valence-electron chi connectivity index (χ2n) is 3.31. The summed E-state index contributed by atoms with van der Waals surface area (Å²) in [6.45, 7) is 1.95. The minimum atomic E-state index is 0. The van der Waals surface area contributed by atoms with Crippen molar-refractivity contribution in [1.82, 2.24) is 0 Å². The maximum absolute atomic E-state index is 5.92. The zero-order valence-corrected chi connectivity index (χ0v) is 7.93. The SMILES string of the molecule is Cc1ccc([C@@H](N)C2CC2)o1.Cl. The van der Waals surface area contributed by atoms with Crippen molar-refractivity contribution in [2.75, 3.05) is 0 Å². The van der Waals surface area contributed by atoms with Crippen LogP contribution in [-0.4, -0.2) is 0 Å².